The van der Waals surface area contributed by atoms with Gasteiger partial charge >= 0.3 is 5.76 Å². The van der Waals surface area contributed by atoms with Crippen molar-refractivity contribution in [3.63, 3.8) is 0 Å². The van der Waals surface area contributed by atoms with Gasteiger partial charge in [0.15, 0.2) is 5.82 Å². The topological polar surface area (TPSA) is 80.2 Å². The fourth-order valence-corrected chi connectivity index (χ4v) is 2.89. The van der Waals surface area contributed by atoms with Crippen molar-refractivity contribution >= 4 is 6.08 Å². The Morgan fingerprint density at radius 2 is 2.10 bits per heavy atom. The molecule has 0 aliphatic carbocycles. The van der Waals surface area contributed by atoms with Gasteiger partial charge < -0.3 is 10.1 Å². The molecule has 1 spiro atoms. The van der Waals surface area contributed by atoms with E-state index in [2.05, 4.69) is 32.1 Å². The highest BCUT2D eigenvalue weighted by Gasteiger charge is 2.34. The van der Waals surface area contributed by atoms with Gasteiger partial charge in [-0.3, -0.25) is 9.51 Å². The molecule has 2 N–H and O–H groups in total. The minimum atomic E-state index is -0.553. The second kappa shape index (κ2) is 4.60. The van der Waals surface area contributed by atoms with E-state index >= 15 is 0 Å². The number of piperidine rings is 1. The Hall–Kier alpha value is -2.34. The van der Waals surface area contributed by atoms with E-state index in [4.69, 9.17) is 4.74 Å². The van der Waals surface area contributed by atoms with E-state index in [1.54, 1.807) is 0 Å². The third-order valence-electron chi connectivity index (χ3n) is 4.05. The summed E-state index contributed by atoms with van der Waals surface area (Å²) >= 11 is 0. The number of ether oxygens (including phenoxy) is 1. The van der Waals surface area contributed by atoms with E-state index < -0.39 is 5.76 Å². The van der Waals surface area contributed by atoms with Gasteiger partial charge in [-0.15, -0.1) is 0 Å². The molecule has 0 unspecified atom stereocenters. The summed E-state index contributed by atoms with van der Waals surface area (Å²) in [6.07, 6.45) is 6.18. The number of nitrogens with zero attached hydrogens (tertiary/aromatic N) is 1. The minimum Gasteiger partial charge on any atom is -0.482 e. The summed E-state index contributed by atoms with van der Waals surface area (Å²) in [4.78, 5) is 13.6. The van der Waals surface area contributed by atoms with Gasteiger partial charge in [0.1, 0.15) is 11.4 Å². The molecule has 0 bridgehead atoms. The van der Waals surface area contributed by atoms with Crippen molar-refractivity contribution in [3.8, 4) is 17.1 Å². The molecule has 1 saturated heterocycles. The third-order valence-corrected chi connectivity index (χ3v) is 4.05. The van der Waals surface area contributed by atoms with Crippen LogP contribution in [0.4, 0.5) is 0 Å². The zero-order valence-electron chi connectivity index (χ0n) is 11.4. The number of fused-ring (bicyclic) bond motifs is 1. The lowest BCUT2D eigenvalue weighted by Crippen LogP contribution is -2.45. The molecule has 1 aromatic heterocycles. The quantitative estimate of drug-likeness (QED) is 0.831. The van der Waals surface area contributed by atoms with Crippen molar-refractivity contribution < 1.29 is 9.26 Å². The van der Waals surface area contributed by atoms with Crippen molar-refractivity contribution in [1.29, 1.82) is 0 Å². The van der Waals surface area contributed by atoms with E-state index in [0.717, 1.165) is 42.8 Å². The molecule has 1 aromatic carbocycles. The SMILES string of the molecule is O=c1[nH]c(-c2ccc3c(c2)C=CC2(CCNCC2)O3)no1. The average Bonchev–Trinajstić information content (AvgIpc) is 2.94. The van der Waals surface area contributed by atoms with Crippen molar-refractivity contribution in [2.45, 2.75) is 18.4 Å². The summed E-state index contributed by atoms with van der Waals surface area (Å²) in [5.74, 6) is 0.746. The lowest BCUT2D eigenvalue weighted by atomic mass is 9.88. The Labute approximate surface area is 120 Å². The molecule has 2 aromatic rings. The smallest absolute Gasteiger partial charge is 0.439 e. The van der Waals surface area contributed by atoms with Gasteiger partial charge in [0.2, 0.25) is 0 Å². The maximum absolute atomic E-state index is 11.0. The third kappa shape index (κ3) is 2.17. The maximum atomic E-state index is 11.0. The summed E-state index contributed by atoms with van der Waals surface area (Å²) in [5, 5.41) is 7.05. The lowest BCUT2D eigenvalue weighted by molar-refractivity contribution is 0.0823. The number of hydrogen-bond acceptors (Lipinski definition) is 5. The molecule has 0 atom stereocenters. The molecule has 6 nitrogen and oxygen atoms in total. The van der Waals surface area contributed by atoms with Crippen molar-refractivity contribution in [3.05, 3.63) is 40.4 Å². The first-order chi connectivity index (χ1) is 10.2. The monoisotopic (exact) mass is 285 g/mol. The molecule has 2 aliphatic rings. The molecular weight excluding hydrogens is 270 g/mol. The highest BCUT2D eigenvalue weighted by atomic mass is 16.5. The zero-order chi connectivity index (χ0) is 14.3. The highest BCUT2D eigenvalue weighted by molar-refractivity contribution is 5.68. The Kier molecular flexibility index (Phi) is 2.71. The van der Waals surface area contributed by atoms with Gasteiger partial charge in [0, 0.05) is 24.0 Å². The zero-order valence-corrected chi connectivity index (χ0v) is 11.4. The van der Waals surface area contributed by atoms with Crippen LogP contribution in [0.15, 0.2) is 33.6 Å². The van der Waals surface area contributed by atoms with Gasteiger partial charge in [0.05, 0.1) is 0 Å². The van der Waals surface area contributed by atoms with Gasteiger partial charge in [-0.05, 0) is 37.4 Å². The number of nitrogens with one attached hydrogen (secondary N) is 2. The van der Waals surface area contributed by atoms with Crippen LogP contribution in [-0.4, -0.2) is 28.8 Å². The molecular formula is C15H15N3O3. The standard InChI is InChI=1S/C15H15N3O3/c19-14-17-13(18-21-14)11-1-2-12-10(9-11)3-4-15(20-12)5-7-16-8-6-15/h1-4,9,16H,5-8H2,(H,17,18,19). The molecule has 6 heteroatoms. The molecule has 0 amide bonds. The van der Waals surface area contributed by atoms with Crippen LogP contribution in [0.5, 0.6) is 5.75 Å². The molecule has 2 aliphatic heterocycles. The Morgan fingerprint density at radius 3 is 2.86 bits per heavy atom. The average molecular weight is 285 g/mol. The molecule has 1 fully saturated rings. The van der Waals surface area contributed by atoms with Crippen molar-refractivity contribution in [2.75, 3.05) is 13.1 Å². The molecule has 4 rings (SSSR count). The molecule has 108 valence electrons. The van der Waals surface area contributed by atoms with Gasteiger partial charge in [-0.25, -0.2) is 4.79 Å². The van der Waals surface area contributed by atoms with E-state index in [9.17, 15) is 4.79 Å². The molecule has 3 heterocycles. The Bertz CT molecular complexity index is 754. The number of aromatic nitrogens is 2. The van der Waals surface area contributed by atoms with Crippen LogP contribution >= 0.6 is 0 Å². The molecule has 0 saturated carbocycles. The lowest BCUT2D eigenvalue weighted by Gasteiger charge is -2.38. The normalized spacial score (nSPS) is 19.2. The minimum absolute atomic E-state index is 0.179. The largest absolute Gasteiger partial charge is 0.482 e. The van der Waals surface area contributed by atoms with Crippen LogP contribution in [0.25, 0.3) is 17.5 Å². The first-order valence-corrected chi connectivity index (χ1v) is 7.04. The second-order valence-corrected chi connectivity index (χ2v) is 5.45. The molecule has 0 radical (unpaired) electrons. The van der Waals surface area contributed by atoms with Crippen LogP contribution in [0.2, 0.25) is 0 Å². The predicted molar refractivity (Wildman–Crippen MR) is 77.1 cm³/mol. The van der Waals surface area contributed by atoms with E-state index in [-0.39, 0.29) is 5.60 Å². The first-order valence-electron chi connectivity index (χ1n) is 7.04. The first kappa shape index (κ1) is 12.4. The van der Waals surface area contributed by atoms with Crippen molar-refractivity contribution in [2.24, 2.45) is 0 Å². The number of hydrogen-bond donors (Lipinski definition) is 2. The number of aromatic amines is 1. The van der Waals surface area contributed by atoms with E-state index in [1.807, 2.05) is 18.2 Å². The van der Waals surface area contributed by atoms with Crippen LogP contribution in [0.1, 0.15) is 18.4 Å². The Balaban J connectivity index is 1.68. The fraction of sp³-hybridized carbons (Fsp3) is 0.333. The summed E-state index contributed by atoms with van der Waals surface area (Å²) in [6, 6.07) is 5.74. The number of benzene rings is 1. The maximum Gasteiger partial charge on any atom is 0.439 e. The van der Waals surface area contributed by atoms with Crippen molar-refractivity contribution in [1.82, 2.24) is 15.5 Å². The number of rotatable bonds is 1. The fourth-order valence-electron chi connectivity index (χ4n) is 2.89. The summed E-state index contributed by atoms with van der Waals surface area (Å²) in [5.41, 5.74) is 1.61. The number of H-pyrrole nitrogens is 1. The summed E-state index contributed by atoms with van der Waals surface area (Å²) in [7, 11) is 0. The van der Waals surface area contributed by atoms with Gasteiger partial charge in [-0.2, -0.15) is 0 Å². The highest BCUT2D eigenvalue weighted by Crippen LogP contribution is 2.37. The molecule has 21 heavy (non-hydrogen) atoms. The second-order valence-electron chi connectivity index (χ2n) is 5.45. The summed E-state index contributed by atoms with van der Waals surface area (Å²) in [6.45, 7) is 1.94. The summed E-state index contributed by atoms with van der Waals surface area (Å²) < 4.78 is 10.7. The van der Waals surface area contributed by atoms with E-state index in [1.165, 1.54) is 0 Å². The van der Waals surface area contributed by atoms with Crippen LogP contribution in [0.3, 0.4) is 0 Å². The predicted octanol–water partition coefficient (Wildman–Crippen LogP) is 1.56. The van der Waals surface area contributed by atoms with Gasteiger partial charge in [-0.1, -0.05) is 11.2 Å². The van der Waals surface area contributed by atoms with E-state index in [0.29, 0.717) is 5.82 Å². The van der Waals surface area contributed by atoms with Crippen LogP contribution < -0.4 is 15.8 Å². The van der Waals surface area contributed by atoms with Gasteiger partial charge in [0.25, 0.3) is 0 Å². The van der Waals surface area contributed by atoms with Crippen LogP contribution in [-0.2, 0) is 0 Å². The Morgan fingerprint density at radius 1 is 1.24 bits per heavy atom. The van der Waals surface area contributed by atoms with Crippen LogP contribution in [0, 0.1) is 0 Å².